The normalized spacial score (nSPS) is 16.2. The van der Waals surface area contributed by atoms with Crippen molar-refractivity contribution in [2.75, 3.05) is 43.7 Å². The Morgan fingerprint density at radius 1 is 1.41 bits per heavy atom. The third-order valence-electron chi connectivity index (χ3n) is 2.70. The SMILES string of the molecule is CN(C)c1ccc(Br)cc1N1CCOCC1=O. The number of amides is 1. The molecule has 1 aromatic rings. The fraction of sp³-hybridized carbons (Fsp3) is 0.417. The first-order valence-corrected chi connectivity index (χ1v) is 6.24. The fourth-order valence-electron chi connectivity index (χ4n) is 1.86. The highest BCUT2D eigenvalue weighted by Gasteiger charge is 2.23. The number of rotatable bonds is 2. The predicted molar refractivity (Wildman–Crippen MR) is 71.6 cm³/mol. The first-order valence-electron chi connectivity index (χ1n) is 5.44. The maximum Gasteiger partial charge on any atom is 0.253 e. The van der Waals surface area contributed by atoms with Crippen LogP contribution in [-0.2, 0) is 9.53 Å². The molecule has 5 heteroatoms. The summed E-state index contributed by atoms with van der Waals surface area (Å²) in [6, 6.07) is 5.95. The molecule has 0 aliphatic carbocycles. The quantitative estimate of drug-likeness (QED) is 0.836. The molecule has 0 saturated carbocycles. The van der Waals surface area contributed by atoms with Gasteiger partial charge in [0.25, 0.3) is 5.91 Å². The number of carbonyl (C=O) groups excluding carboxylic acids is 1. The van der Waals surface area contributed by atoms with Crippen molar-refractivity contribution < 1.29 is 9.53 Å². The fourth-order valence-corrected chi connectivity index (χ4v) is 2.21. The summed E-state index contributed by atoms with van der Waals surface area (Å²) in [5, 5.41) is 0. The molecule has 0 N–H and O–H groups in total. The molecule has 0 unspecified atom stereocenters. The van der Waals surface area contributed by atoms with Gasteiger partial charge in [-0.15, -0.1) is 0 Å². The predicted octanol–water partition coefficient (Wildman–Crippen LogP) is 1.88. The zero-order valence-corrected chi connectivity index (χ0v) is 11.5. The molecule has 0 radical (unpaired) electrons. The molecule has 0 atom stereocenters. The van der Waals surface area contributed by atoms with Crippen LogP contribution in [-0.4, -0.2) is 39.8 Å². The van der Waals surface area contributed by atoms with E-state index in [1.165, 1.54) is 0 Å². The number of morpholine rings is 1. The summed E-state index contributed by atoms with van der Waals surface area (Å²) < 4.78 is 6.12. The molecule has 1 saturated heterocycles. The summed E-state index contributed by atoms with van der Waals surface area (Å²) in [7, 11) is 3.94. The second kappa shape index (κ2) is 5.06. The van der Waals surface area contributed by atoms with Crippen molar-refractivity contribution in [1.82, 2.24) is 0 Å². The number of ether oxygens (including phenoxy) is 1. The van der Waals surface area contributed by atoms with E-state index in [0.29, 0.717) is 13.2 Å². The van der Waals surface area contributed by atoms with Gasteiger partial charge in [-0.1, -0.05) is 15.9 Å². The summed E-state index contributed by atoms with van der Waals surface area (Å²) in [5.41, 5.74) is 1.96. The average molecular weight is 299 g/mol. The van der Waals surface area contributed by atoms with E-state index >= 15 is 0 Å². The molecule has 0 aromatic heterocycles. The Morgan fingerprint density at radius 2 is 2.18 bits per heavy atom. The summed E-state index contributed by atoms with van der Waals surface area (Å²) in [6.45, 7) is 1.36. The lowest BCUT2D eigenvalue weighted by Gasteiger charge is -2.30. The third-order valence-corrected chi connectivity index (χ3v) is 3.19. The number of hydrogen-bond donors (Lipinski definition) is 0. The van der Waals surface area contributed by atoms with Crippen LogP contribution in [0.15, 0.2) is 22.7 Å². The minimum atomic E-state index is 0.0115. The number of nitrogens with zero attached hydrogens (tertiary/aromatic N) is 2. The molecule has 92 valence electrons. The first kappa shape index (κ1) is 12.4. The van der Waals surface area contributed by atoms with Crippen molar-refractivity contribution in [2.45, 2.75) is 0 Å². The lowest BCUT2D eigenvalue weighted by atomic mass is 10.2. The van der Waals surface area contributed by atoms with Gasteiger partial charge < -0.3 is 14.5 Å². The molecule has 1 aliphatic heterocycles. The van der Waals surface area contributed by atoms with Gasteiger partial charge in [0, 0.05) is 25.1 Å². The molecule has 17 heavy (non-hydrogen) atoms. The summed E-state index contributed by atoms with van der Waals surface area (Å²) in [5.74, 6) is 0.0115. The molecule has 1 heterocycles. The summed E-state index contributed by atoms with van der Waals surface area (Å²) in [6.07, 6.45) is 0. The number of benzene rings is 1. The van der Waals surface area contributed by atoms with Crippen molar-refractivity contribution in [1.29, 1.82) is 0 Å². The van der Waals surface area contributed by atoms with E-state index in [4.69, 9.17) is 4.74 Å². The molecule has 0 spiro atoms. The Hall–Kier alpha value is -1.07. The second-order valence-corrected chi connectivity index (χ2v) is 5.04. The molecule has 1 aromatic carbocycles. The Bertz CT molecular complexity index is 435. The van der Waals surface area contributed by atoms with Crippen molar-refractivity contribution in [3.63, 3.8) is 0 Å². The van der Waals surface area contributed by atoms with Gasteiger partial charge in [-0.2, -0.15) is 0 Å². The molecular weight excluding hydrogens is 284 g/mol. The Morgan fingerprint density at radius 3 is 2.82 bits per heavy atom. The molecular formula is C12H15BrN2O2. The van der Waals surface area contributed by atoms with Crippen molar-refractivity contribution >= 4 is 33.2 Å². The van der Waals surface area contributed by atoms with Gasteiger partial charge in [0.2, 0.25) is 0 Å². The minimum Gasteiger partial charge on any atom is -0.376 e. The van der Waals surface area contributed by atoms with E-state index in [0.717, 1.165) is 15.8 Å². The Kier molecular flexibility index (Phi) is 3.69. The lowest BCUT2D eigenvalue weighted by molar-refractivity contribution is -0.125. The molecule has 1 aliphatic rings. The van der Waals surface area contributed by atoms with E-state index in [1.54, 1.807) is 4.90 Å². The van der Waals surface area contributed by atoms with E-state index in [1.807, 2.05) is 37.2 Å². The average Bonchev–Trinajstić information content (AvgIpc) is 2.29. The van der Waals surface area contributed by atoms with Gasteiger partial charge in [0.05, 0.1) is 18.0 Å². The van der Waals surface area contributed by atoms with Crippen LogP contribution in [0.3, 0.4) is 0 Å². The van der Waals surface area contributed by atoms with E-state index in [-0.39, 0.29) is 12.5 Å². The zero-order valence-electron chi connectivity index (χ0n) is 9.94. The highest BCUT2D eigenvalue weighted by atomic mass is 79.9. The van der Waals surface area contributed by atoms with Crippen molar-refractivity contribution in [2.24, 2.45) is 0 Å². The van der Waals surface area contributed by atoms with Gasteiger partial charge in [0.15, 0.2) is 0 Å². The highest BCUT2D eigenvalue weighted by molar-refractivity contribution is 9.10. The van der Waals surface area contributed by atoms with Crippen LogP contribution in [0.25, 0.3) is 0 Å². The topological polar surface area (TPSA) is 32.8 Å². The maximum atomic E-state index is 11.8. The van der Waals surface area contributed by atoms with Crippen molar-refractivity contribution in [3.05, 3.63) is 22.7 Å². The second-order valence-electron chi connectivity index (χ2n) is 4.13. The minimum absolute atomic E-state index is 0.0115. The largest absolute Gasteiger partial charge is 0.376 e. The van der Waals surface area contributed by atoms with E-state index in [2.05, 4.69) is 15.9 Å². The number of carbonyl (C=O) groups is 1. The van der Waals surface area contributed by atoms with Gasteiger partial charge in [-0.25, -0.2) is 0 Å². The summed E-state index contributed by atoms with van der Waals surface area (Å²) in [4.78, 5) is 15.6. The van der Waals surface area contributed by atoms with Crippen LogP contribution in [0.4, 0.5) is 11.4 Å². The third kappa shape index (κ3) is 2.61. The highest BCUT2D eigenvalue weighted by Crippen LogP contribution is 2.32. The van der Waals surface area contributed by atoms with Crippen LogP contribution >= 0.6 is 15.9 Å². The lowest BCUT2D eigenvalue weighted by Crippen LogP contribution is -2.42. The van der Waals surface area contributed by atoms with Crippen LogP contribution in [0.1, 0.15) is 0 Å². The smallest absolute Gasteiger partial charge is 0.253 e. The molecule has 2 rings (SSSR count). The Balaban J connectivity index is 2.41. The summed E-state index contributed by atoms with van der Waals surface area (Å²) >= 11 is 3.44. The first-order chi connectivity index (χ1) is 8.09. The number of anilines is 2. The number of hydrogen-bond acceptors (Lipinski definition) is 3. The van der Waals surface area contributed by atoms with Gasteiger partial charge in [-0.3, -0.25) is 4.79 Å². The van der Waals surface area contributed by atoms with Crippen LogP contribution in [0.5, 0.6) is 0 Å². The van der Waals surface area contributed by atoms with Crippen molar-refractivity contribution in [3.8, 4) is 0 Å². The van der Waals surface area contributed by atoms with Crippen LogP contribution < -0.4 is 9.80 Å². The standard InChI is InChI=1S/C12H15BrN2O2/c1-14(2)10-4-3-9(13)7-11(10)15-5-6-17-8-12(15)16/h3-4,7H,5-6,8H2,1-2H3. The van der Waals surface area contributed by atoms with Gasteiger partial charge in [-0.05, 0) is 18.2 Å². The van der Waals surface area contributed by atoms with Gasteiger partial charge in [0.1, 0.15) is 6.61 Å². The molecule has 4 nitrogen and oxygen atoms in total. The van der Waals surface area contributed by atoms with Crippen LogP contribution in [0.2, 0.25) is 0 Å². The van der Waals surface area contributed by atoms with E-state index < -0.39 is 0 Å². The molecule has 1 fully saturated rings. The zero-order chi connectivity index (χ0) is 12.4. The number of halogens is 1. The van der Waals surface area contributed by atoms with Gasteiger partial charge >= 0.3 is 0 Å². The molecule has 1 amide bonds. The maximum absolute atomic E-state index is 11.8. The van der Waals surface area contributed by atoms with Crippen LogP contribution in [0, 0.1) is 0 Å². The monoisotopic (exact) mass is 298 g/mol. The van der Waals surface area contributed by atoms with E-state index in [9.17, 15) is 4.79 Å². The Labute approximate surface area is 109 Å². The molecule has 0 bridgehead atoms.